The van der Waals surface area contributed by atoms with E-state index in [4.69, 9.17) is 30.9 Å². The van der Waals surface area contributed by atoms with Gasteiger partial charge in [0.2, 0.25) is 0 Å². The molecule has 3 rings (SSSR count). The SMILES string of the molecule is COc1ccc(CC(=O)O)cc1S(=O)(=O)Nc1cc2c(cc1Cl)OCCO2. The zero-order valence-corrected chi connectivity index (χ0v) is 15.8. The van der Waals surface area contributed by atoms with Gasteiger partial charge in [0.1, 0.15) is 23.9 Å². The highest BCUT2D eigenvalue weighted by Crippen LogP contribution is 2.39. The molecule has 0 saturated heterocycles. The first-order valence-corrected chi connectivity index (χ1v) is 9.67. The van der Waals surface area contributed by atoms with Crippen LogP contribution < -0.4 is 18.9 Å². The summed E-state index contributed by atoms with van der Waals surface area (Å²) in [6, 6.07) is 7.04. The monoisotopic (exact) mass is 413 g/mol. The molecule has 2 N–H and O–H groups in total. The van der Waals surface area contributed by atoms with Gasteiger partial charge >= 0.3 is 5.97 Å². The first kappa shape index (κ1) is 19.1. The van der Waals surface area contributed by atoms with Gasteiger partial charge in [-0.2, -0.15) is 0 Å². The van der Waals surface area contributed by atoms with Crippen LogP contribution in [-0.2, 0) is 21.2 Å². The molecule has 0 atom stereocenters. The third-order valence-electron chi connectivity index (χ3n) is 3.75. The van der Waals surface area contributed by atoms with Gasteiger partial charge in [-0.1, -0.05) is 17.7 Å². The van der Waals surface area contributed by atoms with Gasteiger partial charge in [0, 0.05) is 12.1 Å². The van der Waals surface area contributed by atoms with Crippen LogP contribution in [0.1, 0.15) is 5.56 Å². The molecular weight excluding hydrogens is 398 g/mol. The minimum Gasteiger partial charge on any atom is -0.495 e. The van der Waals surface area contributed by atoms with E-state index in [1.54, 1.807) is 0 Å². The van der Waals surface area contributed by atoms with Crippen molar-refractivity contribution >= 4 is 33.3 Å². The largest absolute Gasteiger partial charge is 0.495 e. The van der Waals surface area contributed by atoms with Gasteiger partial charge in [-0.25, -0.2) is 8.42 Å². The minimum atomic E-state index is -4.11. The Morgan fingerprint density at radius 2 is 1.89 bits per heavy atom. The summed E-state index contributed by atoms with van der Waals surface area (Å²) in [7, 11) is -2.79. The molecule has 0 saturated carbocycles. The fraction of sp³-hybridized carbons (Fsp3) is 0.235. The lowest BCUT2D eigenvalue weighted by Crippen LogP contribution is -2.17. The molecule has 0 aromatic heterocycles. The Bertz CT molecular complexity index is 991. The second-order valence-corrected chi connectivity index (χ2v) is 7.69. The van der Waals surface area contributed by atoms with E-state index < -0.39 is 16.0 Å². The summed E-state index contributed by atoms with van der Waals surface area (Å²) in [4.78, 5) is 10.7. The maximum Gasteiger partial charge on any atom is 0.307 e. The van der Waals surface area contributed by atoms with Crippen LogP contribution in [0.25, 0.3) is 0 Å². The normalized spacial score (nSPS) is 13.1. The summed E-state index contributed by atoms with van der Waals surface area (Å²) in [6.07, 6.45) is -0.322. The Balaban J connectivity index is 1.98. The standard InChI is InChI=1S/C17H16ClNO7S/c1-24-13-3-2-10(7-17(20)21)6-16(13)27(22,23)19-12-9-15-14(8-11(12)18)25-4-5-26-15/h2-3,6,8-9,19H,4-5,7H2,1H3,(H,20,21). The van der Waals surface area contributed by atoms with E-state index >= 15 is 0 Å². The van der Waals surface area contributed by atoms with Crippen molar-refractivity contribution < 1.29 is 32.5 Å². The molecule has 2 aromatic rings. The van der Waals surface area contributed by atoms with Crippen molar-refractivity contribution in [3.05, 3.63) is 40.9 Å². The molecule has 144 valence electrons. The van der Waals surface area contributed by atoms with Crippen molar-refractivity contribution in [2.24, 2.45) is 0 Å². The highest BCUT2D eigenvalue weighted by atomic mass is 35.5. The van der Waals surface area contributed by atoms with Crippen molar-refractivity contribution in [2.75, 3.05) is 25.0 Å². The first-order valence-electron chi connectivity index (χ1n) is 7.81. The van der Waals surface area contributed by atoms with Crippen LogP contribution in [0.4, 0.5) is 5.69 Å². The molecule has 10 heteroatoms. The average molecular weight is 414 g/mol. The number of anilines is 1. The number of carboxylic acids is 1. The Hall–Kier alpha value is -2.65. The molecule has 1 aliphatic rings. The fourth-order valence-corrected chi connectivity index (χ4v) is 4.11. The van der Waals surface area contributed by atoms with Gasteiger partial charge in [0.15, 0.2) is 11.5 Å². The number of hydrogen-bond acceptors (Lipinski definition) is 6. The van der Waals surface area contributed by atoms with Crippen LogP contribution in [0.3, 0.4) is 0 Å². The molecule has 0 spiro atoms. The highest BCUT2D eigenvalue weighted by Gasteiger charge is 2.24. The number of ether oxygens (including phenoxy) is 3. The number of fused-ring (bicyclic) bond motifs is 1. The Kier molecular flexibility index (Phi) is 5.33. The Labute approximate surface area is 160 Å². The lowest BCUT2D eigenvalue weighted by Gasteiger charge is -2.20. The van der Waals surface area contributed by atoms with Gasteiger partial charge in [0.05, 0.1) is 24.2 Å². The quantitative estimate of drug-likeness (QED) is 0.748. The van der Waals surface area contributed by atoms with Crippen LogP contribution in [-0.4, -0.2) is 39.8 Å². The van der Waals surface area contributed by atoms with Gasteiger partial charge in [-0.05, 0) is 17.7 Å². The van der Waals surface area contributed by atoms with E-state index in [2.05, 4.69) is 4.72 Å². The Morgan fingerprint density at radius 3 is 2.52 bits per heavy atom. The number of aliphatic carboxylic acids is 1. The summed E-state index contributed by atoms with van der Waals surface area (Å²) in [5.41, 5.74) is 0.420. The maximum atomic E-state index is 12.9. The van der Waals surface area contributed by atoms with Crippen molar-refractivity contribution in [2.45, 2.75) is 11.3 Å². The predicted octanol–water partition coefficient (Wildman–Crippen LogP) is 2.55. The second kappa shape index (κ2) is 7.53. The molecule has 1 aliphatic heterocycles. The number of hydrogen-bond donors (Lipinski definition) is 2. The van der Waals surface area contributed by atoms with Crippen molar-refractivity contribution in [3.8, 4) is 17.2 Å². The van der Waals surface area contributed by atoms with Gasteiger partial charge in [-0.3, -0.25) is 9.52 Å². The third kappa shape index (κ3) is 4.20. The zero-order chi connectivity index (χ0) is 19.6. The summed E-state index contributed by atoms with van der Waals surface area (Å²) in [5, 5.41) is 9.06. The van der Waals surface area contributed by atoms with Crippen LogP contribution in [0, 0.1) is 0 Å². The van der Waals surface area contributed by atoms with E-state index in [1.807, 2.05) is 0 Å². The zero-order valence-electron chi connectivity index (χ0n) is 14.2. The number of nitrogens with one attached hydrogen (secondary N) is 1. The summed E-state index contributed by atoms with van der Waals surface area (Å²) in [6.45, 7) is 0.716. The second-order valence-electron chi connectivity index (χ2n) is 5.64. The fourth-order valence-electron chi connectivity index (χ4n) is 2.56. The van der Waals surface area contributed by atoms with Crippen molar-refractivity contribution in [1.82, 2.24) is 0 Å². The number of methoxy groups -OCH3 is 1. The van der Waals surface area contributed by atoms with Gasteiger partial charge < -0.3 is 19.3 Å². The Morgan fingerprint density at radius 1 is 1.22 bits per heavy atom. The number of sulfonamides is 1. The van der Waals surface area contributed by atoms with E-state index in [-0.39, 0.29) is 27.8 Å². The number of carboxylic acid groups (broad SMARTS) is 1. The molecule has 8 nitrogen and oxygen atoms in total. The molecule has 0 aliphatic carbocycles. The smallest absolute Gasteiger partial charge is 0.307 e. The van der Waals surface area contributed by atoms with Crippen LogP contribution >= 0.6 is 11.6 Å². The van der Waals surface area contributed by atoms with Gasteiger partial charge in [-0.15, -0.1) is 0 Å². The lowest BCUT2D eigenvalue weighted by molar-refractivity contribution is -0.136. The van der Waals surface area contributed by atoms with E-state index in [0.717, 1.165) is 0 Å². The molecule has 1 heterocycles. The van der Waals surface area contributed by atoms with Crippen molar-refractivity contribution in [3.63, 3.8) is 0 Å². The number of rotatable bonds is 6. The number of carbonyl (C=O) groups is 1. The van der Waals surface area contributed by atoms with Crippen LogP contribution in [0.5, 0.6) is 17.2 Å². The van der Waals surface area contributed by atoms with Crippen LogP contribution in [0.15, 0.2) is 35.2 Å². The molecule has 2 aromatic carbocycles. The number of benzene rings is 2. The van der Waals surface area contributed by atoms with E-state index in [9.17, 15) is 13.2 Å². The lowest BCUT2D eigenvalue weighted by atomic mass is 10.1. The highest BCUT2D eigenvalue weighted by molar-refractivity contribution is 7.92. The van der Waals surface area contributed by atoms with Crippen LogP contribution in [0.2, 0.25) is 5.02 Å². The summed E-state index contributed by atoms with van der Waals surface area (Å²) in [5.74, 6) is -0.207. The predicted molar refractivity (Wildman–Crippen MR) is 97.6 cm³/mol. The summed E-state index contributed by atoms with van der Waals surface area (Å²) >= 11 is 6.16. The molecule has 0 fully saturated rings. The topological polar surface area (TPSA) is 111 Å². The van der Waals surface area contributed by atoms with Gasteiger partial charge in [0.25, 0.3) is 10.0 Å². The molecule has 0 unspecified atom stereocenters. The summed E-state index contributed by atoms with van der Waals surface area (Å²) < 4.78 is 44.1. The maximum absolute atomic E-state index is 12.9. The third-order valence-corrected chi connectivity index (χ3v) is 5.45. The van der Waals surface area contributed by atoms with Crippen molar-refractivity contribution in [1.29, 1.82) is 0 Å². The van der Waals surface area contributed by atoms with E-state index in [1.165, 1.54) is 37.4 Å². The first-order chi connectivity index (χ1) is 12.8. The minimum absolute atomic E-state index is 0.0744. The average Bonchev–Trinajstić information content (AvgIpc) is 2.61. The van der Waals surface area contributed by atoms with E-state index in [0.29, 0.717) is 30.3 Å². The molecular formula is C17H16ClNO7S. The molecule has 27 heavy (non-hydrogen) atoms. The molecule has 0 amide bonds. The number of halogens is 1. The molecule has 0 radical (unpaired) electrons. The molecule has 0 bridgehead atoms.